The molecule has 7 nitrogen and oxygen atoms in total. The van der Waals surface area contributed by atoms with E-state index in [0.717, 1.165) is 27.1 Å². The summed E-state index contributed by atoms with van der Waals surface area (Å²) in [6.45, 7) is 1.79. The Bertz CT molecular complexity index is 1590. The van der Waals surface area contributed by atoms with Gasteiger partial charge < -0.3 is 10.2 Å². The Kier molecular flexibility index (Phi) is 9.45. The predicted molar refractivity (Wildman–Crippen MR) is 161 cm³/mol. The van der Waals surface area contributed by atoms with E-state index in [-0.39, 0.29) is 18.9 Å². The molecule has 0 spiro atoms. The van der Waals surface area contributed by atoms with E-state index in [1.165, 1.54) is 4.90 Å². The van der Waals surface area contributed by atoms with Crippen molar-refractivity contribution >= 4 is 49.9 Å². The standard InChI is InChI=1S/C31H32ClN3O4S/c1-3-33-31(37)29(20-23-11-5-4-6-12-23)34(21-24-13-9-16-26(32)19-24)30(36)22-35(40(2,38)39)28-18-10-15-25-14-7-8-17-27(25)28/h4-19,29H,3,20-22H2,1-2H3,(H,33,37)/t29-/m0/s1. The highest BCUT2D eigenvalue weighted by Crippen LogP contribution is 2.29. The first-order chi connectivity index (χ1) is 19.2. The van der Waals surface area contributed by atoms with Crippen molar-refractivity contribution in [3.8, 4) is 0 Å². The lowest BCUT2D eigenvalue weighted by atomic mass is 10.0. The topological polar surface area (TPSA) is 86.8 Å². The van der Waals surface area contributed by atoms with Crippen molar-refractivity contribution in [1.82, 2.24) is 10.2 Å². The van der Waals surface area contributed by atoms with E-state index >= 15 is 0 Å². The minimum atomic E-state index is -3.87. The van der Waals surface area contributed by atoms with Gasteiger partial charge in [0.05, 0.1) is 11.9 Å². The van der Waals surface area contributed by atoms with Crippen LogP contribution in [-0.4, -0.2) is 50.5 Å². The van der Waals surface area contributed by atoms with Crippen LogP contribution in [-0.2, 0) is 32.6 Å². The smallest absolute Gasteiger partial charge is 0.244 e. The number of likely N-dealkylation sites (N-methyl/N-ethyl adjacent to an activating group) is 1. The van der Waals surface area contributed by atoms with Crippen LogP contribution in [0.2, 0.25) is 5.02 Å². The van der Waals surface area contributed by atoms with Crippen LogP contribution in [0.5, 0.6) is 0 Å². The maximum Gasteiger partial charge on any atom is 0.244 e. The average molecular weight is 578 g/mol. The minimum Gasteiger partial charge on any atom is -0.355 e. The second kappa shape index (κ2) is 13.0. The minimum absolute atomic E-state index is 0.0706. The number of benzene rings is 4. The number of amides is 2. The van der Waals surface area contributed by atoms with Crippen molar-refractivity contribution in [1.29, 1.82) is 0 Å². The molecule has 0 aliphatic rings. The monoisotopic (exact) mass is 577 g/mol. The summed E-state index contributed by atoms with van der Waals surface area (Å²) in [7, 11) is -3.87. The van der Waals surface area contributed by atoms with Gasteiger partial charge in [0.25, 0.3) is 0 Å². The molecule has 9 heteroatoms. The molecule has 0 bridgehead atoms. The van der Waals surface area contributed by atoms with Crippen LogP contribution >= 0.6 is 11.6 Å². The number of nitrogens with one attached hydrogen (secondary N) is 1. The van der Waals surface area contributed by atoms with Crippen LogP contribution in [0.4, 0.5) is 5.69 Å². The lowest BCUT2D eigenvalue weighted by Gasteiger charge is -2.33. The maximum absolute atomic E-state index is 14.1. The van der Waals surface area contributed by atoms with Crippen molar-refractivity contribution in [3.05, 3.63) is 113 Å². The van der Waals surface area contributed by atoms with Crippen LogP contribution in [0.15, 0.2) is 97.1 Å². The van der Waals surface area contributed by atoms with Crippen LogP contribution in [0.3, 0.4) is 0 Å². The number of anilines is 1. The van der Waals surface area contributed by atoms with Crippen LogP contribution in [0.25, 0.3) is 10.8 Å². The molecule has 4 aromatic carbocycles. The van der Waals surface area contributed by atoms with Crippen molar-refractivity contribution in [2.24, 2.45) is 0 Å². The number of carbonyl (C=O) groups is 2. The number of fused-ring (bicyclic) bond motifs is 1. The fourth-order valence-corrected chi connectivity index (χ4v) is 5.77. The first-order valence-corrected chi connectivity index (χ1v) is 15.2. The zero-order valence-corrected chi connectivity index (χ0v) is 24.0. The van der Waals surface area contributed by atoms with Gasteiger partial charge in [-0.2, -0.15) is 0 Å². The molecule has 0 saturated carbocycles. The Balaban J connectivity index is 1.77. The highest BCUT2D eigenvalue weighted by Gasteiger charge is 2.33. The number of rotatable bonds is 11. The fourth-order valence-electron chi connectivity index (χ4n) is 4.70. The quantitative estimate of drug-likeness (QED) is 0.271. The van der Waals surface area contributed by atoms with Gasteiger partial charge in [-0.15, -0.1) is 0 Å². The van der Waals surface area contributed by atoms with E-state index in [0.29, 0.717) is 22.6 Å². The van der Waals surface area contributed by atoms with Gasteiger partial charge in [0.2, 0.25) is 21.8 Å². The zero-order valence-electron chi connectivity index (χ0n) is 22.5. The van der Waals surface area contributed by atoms with Gasteiger partial charge in [-0.1, -0.05) is 90.5 Å². The van der Waals surface area contributed by atoms with Gasteiger partial charge in [-0.3, -0.25) is 13.9 Å². The molecule has 4 aromatic rings. The molecular weight excluding hydrogens is 546 g/mol. The van der Waals surface area contributed by atoms with E-state index in [4.69, 9.17) is 11.6 Å². The molecule has 0 aromatic heterocycles. The molecule has 0 radical (unpaired) electrons. The summed E-state index contributed by atoms with van der Waals surface area (Å²) in [5.74, 6) is -0.830. The maximum atomic E-state index is 14.1. The molecule has 4 rings (SSSR count). The number of hydrogen-bond acceptors (Lipinski definition) is 4. The summed E-state index contributed by atoms with van der Waals surface area (Å²) in [5.41, 5.74) is 1.99. The van der Waals surface area contributed by atoms with Gasteiger partial charge in [0, 0.05) is 29.9 Å². The number of halogens is 1. The summed E-state index contributed by atoms with van der Waals surface area (Å²) >= 11 is 6.24. The predicted octanol–water partition coefficient (Wildman–Crippen LogP) is 5.04. The fraction of sp³-hybridized carbons (Fsp3) is 0.226. The largest absolute Gasteiger partial charge is 0.355 e. The Morgan fingerprint density at radius 3 is 2.23 bits per heavy atom. The number of nitrogens with zero attached hydrogens (tertiary/aromatic N) is 2. The first-order valence-electron chi connectivity index (χ1n) is 13.0. The molecule has 1 N–H and O–H groups in total. The molecule has 0 fully saturated rings. The van der Waals surface area contributed by atoms with Crippen molar-refractivity contribution in [2.45, 2.75) is 25.9 Å². The third kappa shape index (κ3) is 7.20. The highest BCUT2D eigenvalue weighted by molar-refractivity contribution is 7.92. The molecule has 0 aliphatic heterocycles. The SMILES string of the molecule is CCNC(=O)[C@H](Cc1ccccc1)N(Cc1cccc(Cl)c1)C(=O)CN(c1cccc2ccccc12)S(C)(=O)=O. The van der Waals surface area contributed by atoms with Crippen molar-refractivity contribution < 1.29 is 18.0 Å². The number of sulfonamides is 1. The Hall–Kier alpha value is -3.88. The zero-order chi connectivity index (χ0) is 28.7. The van der Waals surface area contributed by atoms with E-state index in [1.807, 2.05) is 73.7 Å². The summed E-state index contributed by atoms with van der Waals surface area (Å²) in [4.78, 5) is 29.0. The molecule has 2 amide bonds. The van der Waals surface area contributed by atoms with E-state index in [2.05, 4.69) is 5.32 Å². The van der Waals surface area contributed by atoms with Crippen molar-refractivity contribution in [2.75, 3.05) is 23.7 Å². The molecule has 0 unspecified atom stereocenters. The molecule has 40 heavy (non-hydrogen) atoms. The normalized spacial score (nSPS) is 12.1. The van der Waals surface area contributed by atoms with Crippen LogP contribution in [0, 0.1) is 0 Å². The lowest BCUT2D eigenvalue weighted by Crippen LogP contribution is -2.53. The number of hydrogen-bond donors (Lipinski definition) is 1. The van der Waals surface area contributed by atoms with Gasteiger partial charge >= 0.3 is 0 Å². The second-order valence-corrected chi connectivity index (χ2v) is 11.9. The number of carbonyl (C=O) groups excluding carboxylic acids is 2. The molecule has 0 saturated heterocycles. The summed E-state index contributed by atoms with van der Waals surface area (Å²) < 4.78 is 27.3. The molecule has 0 heterocycles. The molecule has 0 aliphatic carbocycles. The van der Waals surface area contributed by atoms with Crippen LogP contribution < -0.4 is 9.62 Å². The van der Waals surface area contributed by atoms with Gasteiger partial charge in [0.15, 0.2) is 0 Å². The van der Waals surface area contributed by atoms with E-state index < -0.39 is 28.5 Å². The van der Waals surface area contributed by atoms with Crippen molar-refractivity contribution in [3.63, 3.8) is 0 Å². The van der Waals surface area contributed by atoms with Gasteiger partial charge in [-0.25, -0.2) is 8.42 Å². The Labute approximate surface area is 240 Å². The highest BCUT2D eigenvalue weighted by atomic mass is 35.5. The Morgan fingerprint density at radius 2 is 1.52 bits per heavy atom. The third-order valence-corrected chi connectivity index (χ3v) is 7.94. The van der Waals surface area contributed by atoms with E-state index in [1.54, 1.807) is 30.3 Å². The van der Waals surface area contributed by atoms with E-state index in [9.17, 15) is 18.0 Å². The van der Waals surface area contributed by atoms with Crippen LogP contribution in [0.1, 0.15) is 18.1 Å². The molecular formula is C31H32ClN3O4S. The Morgan fingerprint density at radius 1 is 0.875 bits per heavy atom. The summed E-state index contributed by atoms with van der Waals surface area (Å²) in [6.07, 6.45) is 1.33. The first kappa shape index (κ1) is 29.1. The lowest BCUT2D eigenvalue weighted by molar-refractivity contribution is -0.140. The summed E-state index contributed by atoms with van der Waals surface area (Å²) in [5, 5.41) is 4.89. The average Bonchev–Trinajstić information content (AvgIpc) is 2.93. The molecule has 208 valence electrons. The summed E-state index contributed by atoms with van der Waals surface area (Å²) in [6, 6.07) is 28.3. The van der Waals surface area contributed by atoms with Gasteiger partial charge in [0.1, 0.15) is 12.6 Å². The second-order valence-electron chi connectivity index (χ2n) is 9.52. The van der Waals surface area contributed by atoms with Gasteiger partial charge in [-0.05, 0) is 41.6 Å². The molecule has 1 atom stereocenters. The third-order valence-electron chi connectivity index (χ3n) is 6.58.